The van der Waals surface area contributed by atoms with Crippen LogP contribution in [0.25, 0.3) is 10.9 Å². The van der Waals surface area contributed by atoms with Gasteiger partial charge in [-0.05, 0) is 50.2 Å². The minimum absolute atomic E-state index is 0.126. The lowest BCUT2D eigenvalue weighted by Crippen LogP contribution is -2.50. The van der Waals surface area contributed by atoms with Crippen molar-refractivity contribution in [3.05, 3.63) is 65.7 Å². The topological polar surface area (TPSA) is 106 Å². The Bertz CT molecular complexity index is 1250. The van der Waals surface area contributed by atoms with Crippen LogP contribution in [0.4, 0.5) is 11.5 Å². The first-order chi connectivity index (χ1) is 17.4. The van der Waals surface area contributed by atoms with Crippen LogP contribution in [0.1, 0.15) is 34.6 Å². The van der Waals surface area contributed by atoms with Gasteiger partial charge in [-0.1, -0.05) is 18.2 Å². The van der Waals surface area contributed by atoms with Gasteiger partial charge in [0, 0.05) is 55.9 Å². The van der Waals surface area contributed by atoms with Crippen molar-refractivity contribution in [1.29, 1.82) is 0 Å². The van der Waals surface area contributed by atoms with Crippen LogP contribution in [0.2, 0.25) is 0 Å². The summed E-state index contributed by atoms with van der Waals surface area (Å²) >= 11 is 0. The van der Waals surface area contributed by atoms with Crippen LogP contribution in [-0.2, 0) is 4.79 Å². The molecule has 188 valence electrons. The first-order valence-electron chi connectivity index (χ1n) is 12.2. The number of fused-ring (bicyclic) bond motifs is 1. The maximum Gasteiger partial charge on any atom is 0.336 e. The van der Waals surface area contributed by atoms with Crippen molar-refractivity contribution >= 4 is 40.2 Å². The Morgan fingerprint density at radius 3 is 2.31 bits per heavy atom. The number of benzene rings is 2. The Labute approximate surface area is 210 Å². The number of carboxylic acids is 1. The second-order valence-corrected chi connectivity index (χ2v) is 8.71. The fourth-order valence-electron chi connectivity index (χ4n) is 4.42. The number of nitrogens with zero attached hydrogens (tertiary/aromatic N) is 4. The predicted octanol–water partition coefficient (Wildman–Crippen LogP) is 3.18. The number of nitrogens with one attached hydrogen (secondary N) is 1. The molecule has 0 unspecified atom stereocenters. The van der Waals surface area contributed by atoms with E-state index in [2.05, 4.69) is 15.1 Å². The normalized spacial score (nSPS) is 14.0. The molecular formula is C27H31N5O4. The highest BCUT2D eigenvalue weighted by atomic mass is 16.4. The lowest BCUT2D eigenvalue weighted by molar-refractivity contribution is -0.132. The minimum atomic E-state index is -1.06. The van der Waals surface area contributed by atoms with Gasteiger partial charge in [0.2, 0.25) is 5.91 Å². The molecular weight excluding hydrogens is 458 g/mol. The van der Waals surface area contributed by atoms with E-state index in [4.69, 9.17) is 4.98 Å². The average Bonchev–Trinajstić information content (AvgIpc) is 2.89. The number of rotatable bonds is 8. The van der Waals surface area contributed by atoms with E-state index in [9.17, 15) is 19.5 Å². The number of anilines is 2. The zero-order valence-electron chi connectivity index (χ0n) is 20.6. The zero-order valence-corrected chi connectivity index (χ0v) is 20.6. The Hall–Kier alpha value is -3.98. The van der Waals surface area contributed by atoms with Gasteiger partial charge in [0.05, 0.1) is 17.6 Å². The number of hydrogen-bond donors (Lipinski definition) is 2. The third kappa shape index (κ3) is 5.63. The van der Waals surface area contributed by atoms with E-state index in [1.807, 2.05) is 24.8 Å². The molecule has 2 aromatic carbocycles. The summed E-state index contributed by atoms with van der Waals surface area (Å²) < 4.78 is 0. The number of hydrogen-bond acceptors (Lipinski definition) is 6. The maximum absolute atomic E-state index is 12.5. The molecule has 36 heavy (non-hydrogen) atoms. The van der Waals surface area contributed by atoms with Gasteiger partial charge in [-0.3, -0.25) is 14.5 Å². The summed E-state index contributed by atoms with van der Waals surface area (Å²) in [6, 6.07) is 15.5. The van der Waals surface area contributed by atoms with Gasteiger partial charge in [0.15, 0.2) is 0 Å². The quantitative estimate of drug-likeness (QED) is 0.501. The number of piperazine rings is 1. The Morgan fingerprint density at radius 1 is 0.972 bits per heavy atom. The van der Waals surface area contributed by atoms with Crippen molar-refractivity contribution in [3.8, 4) is 0 Å². The van der Waals surface area contributed by atoms with Crippen molar-refractivity contribution in [3.63, 3.8) is 0 Å². The Balaban J connectivity index is 1.50. The summed E-state index contributed by atoms with van der Waals surface area (Å²) in [5.41, 5.74) is 1.69. The molecule has 1 aliphatic heterocycles. The summed E-state index contributed by atoms with van der Waals surface area (Å²) in [5, 5.41) is 13.2. The van der Waals surface area contributed by atoms with Crippen LogP contribution >= 0.6 is 0 Å². The first kappa shape index (κ1) is 25.1. The van der Waals surface area contributed by atoms with E-state index in [0.717, 1.165) is 0 Å². The van der Waals surface area contributed by atoms with Crippen LogP contribution in [0.15, 0.2) is 54.6 Å². The number of amides is 2. The third-order valence-electron chi connectivity index (χ3n) is 6.49. The fourth-order valence-corrected chi connectivity index (χ4v) is 4.42. The first-order valence-corrected chi connectivity index (χ1v) is 12.2. The number of likely N-dealkylation sites (N-methyl/N-ethyl adjacent to an activating group) is 1. The van der Waals surface area contributed by atoms with E-state index >= 15 is 0 Å². The number of carbonyl (C=O) groups excluding carboxylic acids is 2. The number of aromatic carboxylic acids is 1. The number of carboxylic acid groups (broad SMARTS) is 1. The molecule has 9 heteroatoms. The standard InChI is InChI=1S/C27H31N5O4/c1-3-31(4-2)25(33)18-30-12-14-32(15-13-30)24-17-22(27(35)36)21-16-20(10-11-23(21)29-24)28-26(34)19-8-6-5-7-9-19/h5-11,16-17H,3-4,12-15,18H2,1-2H3,(H,28,34)(H,35,36). The van der Waals surface area contributed by atoms with Crippen molar-refractivity contribution in [2.45, 2.75) is 13.8 Å². The second-order valence-electron chi connectivity index (χ2n) is 8.71. The van der Waals surface area contributed by atoms with Gasteiger partial charge in [0.25, 0.3) is 5.91 Å². The van der Waals surface area contributed by atoms with E-state index in [1.165, 1.54) is 0 Å². The monoisotopic (exact) mass is 489 g/mol. The molecule has 2 amide bonds. The molecule has 0 radical (unpaired) electrons. The largest absolute Gasteiger partial charge is 0.478 e. The molecule has 2 heterocycles. The van der Waals surface area contributed by atoms with E-state index in [-0.39, 0.29) is 17.4 Å². The molecule has 3 aromatic rings. The molecule has 4 rings (SSSR count). The summed E-state index contributed by atoms with van der Waals surface area (Å²) in [7, 11) is 0. The molecule has 0 spiro atoms. The van der Waals surface area contributed by atoms with Crippen molar-refractivity contribution in [1.82, 2.24) is 14.8 Å². The molecule has 2 N–H and O–H groups in total. The van der Waals surface area contributed by atoms with E-state index < -0.39 is 5.97 Å². The van der Waals surface area contributed by atoms with Gasteiger partial charge < -0.3 is 20.2 Å². The van der Waals surface area contributed by atoms with Crippen molar-refractivity contribution < 1.29 is 19.5 Å². The molecule has 0 bridgehead atoms. The van der Waals surface area contributed by atoms with E-state index in [1.54, 1.807) is 48.5 Å². The van der Waals surface area contributed by atoms with Crippen LogP contribution < -0.4 is 10.2 Å². The second kappa shape index (κ2) is 11.2. The third-order valence-corrected chi connectivity index (χ3v) is 6.49. The van der Waals surface area contributed by atoms with Crippen LogP contribution in [-0.4, -0.2) is 83.5 Å². The summed E-state index contributed by atoms with van der Waals surface area (Å²) in [6.45, 7) is 8.42. The summed E-state index contributed by atoms with van der Waals surface area (Å²) in [6.07, 6.45) is 0. The number of carbonyl (C=O) groups is 3. The Morgan fingerprint density at radius 2 is 1.67 bits per heavy atom. The van der Waals surface area contributed by atoms with Crippen molar-refractivity contribution in [2.24, 2.45) is 0 Å². The fraction of sp³-hybridized carbons (Fsp3) is 0.333. The van der Waals surface area contributed by atoms with Crippen LogP contribution in [0.5, 0.6) is 0 Å². The number of aromatic nitrogens is 1. The molecule has 0 saturated carbocycles. The molecule has 0 aliphatic carbocycles. The highest BCUT2D eigenvalue weighted by Gasteiger charge is 2.23. The van der Waals surface area contributed by atoms with Gasteiger partial charge in [-0.2, -0.15) is 0 Å². The molecule has 0 atom stereocenters. The highest BCUT2D eigenvalue weighted by Crippen LogP contribution is 2.27. The molecule has 1 fully saturated rings. The van der Waals surface area contributed by atoms with Gasteiger partial charge in [-0.25, -0.2) is 9.78 Å². The maximum atomic E-state index is 12.5. The van der Waals surface area contributed by atoms with Crippen LogP contribution in [0.3, 0.4) is 0 Å². The highest BCUT2D eigenvalue weighted by molar-refractivity contribution is 6.08. The van der Waals surface area contributed by atoms with Gasteiger partial charge >= 0.3 is 5.97 Å². The van der Waals surface area contributed by atoms with Gasteiger partial charge in [-0.15, -0.1) is 0 Å². The zero-order chi connectivity index (χ0) is 25.7. The van der Waals surface area contributed by atoms with Gasteiger partial charge in [0.1, 0.15) is 5.82 Å². The molecule has 1 aromatic heterocycles. The van der Waals surface area contributed by atoms with Crippen molar-refractivity contribution in [2.75, 3.05) is 56.0 Å². The minimum Gasteiger partial charge on any atom is -0.478 e. The average molecular weight is 490 g/mol. The lowest BCUT2D eigenvalue weighted by atomic mass is 10.1. The molecule has 9 nitrogen and oxygen atoms in total. The summed E-state index contributed by atoms with van der Waals surface area (Å²) in [4.78, 5) is 47.8. The smallest absolute Gasteiger partial charge is 0.336 e. The predicted molar refractivity (Wildman–Crippen MR) is 140 cm³/mol. The molecule has 1 saturated heterocycles. The van der Waals surface area contributed by atoms with Crippen LogP contribution in [0, 0.1) is 0 Å². The Kier molecular flexibility index (Phi) is 7.80. The molecule has 1 aliphatic rings. The van der Waals surface area contributed by atoms with E-state index in [0.29, 0.717) is 73.8 Å². The summed E-state index contributed by atoms with van der Waals surface area (Å²) in [5.74, 6) is -0.608. The number of pyridine rings is 1. The lowest BCUT2D eigenvalue weighted by Gasteiger charge is -2.36. The SMILES string of the molecule is CCN(CC)C(=O)CN1CCN(c2cc(C(=O)O)c3cc(NC(=O)c4ccccc4)ccc3n2)CC1.